The zero-order valence-corrected chi connectivity index (χ0v) is 17.6. The van der Waals surface area contributed by atoms with Gasteiger partial charge in [-0.25, -0.2) is 4.99 Å². The molecule has 0 aliphatic carbocycles. The average molecular weight is 472 g/mol. The van der Waals surface area contributed by atoms with E-state index >= 15 is 0 Å². The number of guanidine groups is 1. The van der Waals surface area contributed by atoms with Gasteiger partial charge in [0.1, 0.15) is 6.54 Å². The molecule has 142 valence electrons. The van der Waals surface area contributed by atoms with Gasteiger partial charge in [-0.05, 0) is 13.0 Å². The number of aryl methyl sites for hydroxylation is 2. The summed E-state index contributed by atoms with van der Waals surface area (Å²) in [5, 5.41) is 11.6. The molecule has 1 N–H and O–H groups in total. The van der Waals surface area contributed by atoms with Gasteiger partial charge in [0.15, 0.2) is 5.96 Å². The molecule has 1 amide bonds. The minimum Gasteiger partial charge on any atom is -0.356 e. The van der Waals surface area contributed by atoms with Crippen molar-refractivity contribution >= 4 is 41.5 Å². The van der Waals surface area contributed by atoms with Gasteiger partial charge in [0, 0.05) is 46.1 Å². The van der Waals surface area contributed by atoms with Gasteiger partial charge >= 0.3 is 0 Å². The van der Waals surface area contributed by atoms with Crippen molar-refractivity contribution in [2.45, 2.75) is 13.5 Å². The van der Waals surface area contributed by atoms with Crippen LogP contribution in [0.25, 0.3) is 0 Å². The normalized spacial score (nSPS) is 15.2. The number of hydrogen-bond acceptors (Lipinski definition) is 4. The Kier molecular flexibility index (Phi) is 7.00. The number of nitrogens with zero attached hydrogens (tertiary/aromatic N) is 7. The van der Waals surface area contributed by atoms with Crippen molar-refractivity contribution in [1.82, 2.24) is 29.8 Å². The van der Waals surface area contributed by atoms with E-state index in [4.69, 9.17) is 0 Å². The summed E-state index contributed by atoms with van der Waals surface area (Å²) in [6.45, 7) is 4.93. The molecule has 3 rings (SSSR count). The lowest BCUT2D eigenvalue weighted by atomic mass is 10.3. The monoisotopic (exact) mass is 472 g/mol. The quantitative estimate of drug-likeness (QED) is 0.400. The number of aromatic nitrogens is 4. The number of carbonyl (C=O) groups is 1. The molecule has 2 aromatic rings. The molecule has 26 heavy (non-hydrogen) atoms. The Balaban J connectivity index is 0.00000243. The van der Waals surface area contributed by atoms with Crippen LogP contribution in [0.5, 0.6) is 0 Å². The summed E-state index contributed by atoms with van der Waals surface area (Å²) >= 11 is 0. The van der Waals surface area contributed by atoms with Crippen molar-refractivity contribution in [1.29, 1.82) is 0 Å². The van der Waals surface area contributed by atoms with Gasteiger partial charge < -0.3 is 15.1 Å². The van der Waals surface area contributed by atoms with Gasteiger partial charge in [-0.3, -0.25) is 14.2 Å². The molecule has 1 saturated heterocycles. The Labute approximate surface area is 170 Å². The molecule has 0 saturated carbocycles. The van der Waals surface area contributed by atoms with Crippen LogP contribution in [-0.2, 0) is 25.4 Å². The van der Waals surface area contributed by atoms with E-state index in [2.05, 4.69) is 20.5 Å². The maximum Gasteiger partial charge on any atom is 0.246 e. The predicted molar refractivity (Wildman–Crippen MR) is 111 cm³/mol. The lowest BCUT2D eigenvalue weighted by Gasteiger charge is -2.35. The third kappa shape index (κ3) is 4.54. The molecule has 0 aromatic carbocycles. The van der Waals surface area contributed by atoms with Gasteiger partial charge in [-0.2, -0.15) is 10.2 Å². The summed E-state index contributed by atoms with van der Waals surface area (Å²) in [6.07, 6.45) is 5.33. The molecule has 2 aromatic heterocycles. The molecule has 10 heteroatoms. The SMILES string of the molecule is CCNC(=NCc1ccnn1C)N1CCN(c2cnn(C)c2)C(=O)C1.I. The number of halogens is 1. The first-order valence-electron chi connectivity index (χ1n) is 8.37. The van der Waals surface area contributed by atoms with E-state index in [1.165, 1.54) is 0 Å². The summed E-state index contributed by atoms with van der Waals surface area (Å²) in [4.78, 5) is 21.0. The number of anilines is 1. The molecule has 1 aliphatic heterocycles. The van der Waals surface area contributed by atoms with E-state index in [9.17, 15) is 4.79 Å². The zero-order valence-electron chi connectivity index (χ0n) is 15.3. The number of hydrogen-bond donors (Lipinski definition) is 1. The minimum atomic E-state index is 0. The minimum absolute atomic E-state index is 0. The fourth-order valence-corrected chi connectivity index (χ4v) is 2.81. The van der Waals surface area contributed by atoms with Gasteiger partial charge in [0.05, 0.1) is 24.1 Å². The Morgan fingerprint density at radius 1 is 1.31 bits per heavy atom. The van der Waals surface area contributed by atoms with Crippen molar-refractivity contribution in [3.8, 4) is 0 Å². The smallest absolute Gasteiger partial charge is 0.246 e. The molecule has 0 unspecified atom stereocenters. The van der Waals surface area contributed by atoms with Gasteiger partial charge in [-0.15, -0.1) is 24.0 Å². The maximum atomic E-state index is 12.6. The Hall–Kier alpha value is -2.11. The van der Waals surface area contributed by atoms with E-state index < -0.39 is 0 Å². The molecule has 0 spiro atoms. The summed E-state index contributed by atoms with van der Waals surface area (Å²) in [6, 6.07) is 1.94. The van der Waals surface area contributed by atoms with E-state index in [0.29, 0.717) is 19.6 Å². The molecule has 0 bridgehead atoms. The molecular weight excluding hydrogens is 447 g/mol. The van der Waals surface area contributed by atoms with Crippen LogP contribution >= 0.6 is 24.0 Å². The third-order valence-electron chi connectivity index (χ3n) is 4.17. The predicted octanol–water partition coefficient (Wildman–Crippen LogP) is 0.586. The van der Waals surface area contributed by atoms with Crippen LogP contribution < -0.4 is 10.2 Å². The van der Waals surface area contributed by atoms with Gasteiger partial charge in [0.25, 0.3) is 0 Å². The third-order valence-corrected chi connectivity index (χ3v) is 4.17. The highest BCUT2D eigenvalue weighted by atomic mass is 127. The summed E-state index contributed by atoms with van der Waals surface area (Å²) in [7, 11) is 3.74. The molecule has 1 aliphatic rings. The number of carbonyl (C=O) groups excluding carboxylic acids is 1. The first-order chi connectivity index (χ1) is 12.1. The fraction of sp³-hybridized carbons (Fsp3) is 0.500. The Morgan fingerprint density at radius 2 is 2.12 bits per heavy atom. The number of amides is 1. The average Bonchev–Trinajstić information content (AvgIpc) is 3.20. The zero-order chi connectivity index (χ0) is 17.8. The number of piperazine rings is 1. The maximum absolute atomic E-state index is 12.6. The second-order valence-corrected chi connectivity index (χ2v) is 5.96. The van der Waals surface area contributed by atoms with Gasteiger partial charge in [-0.1, -0.05) is 0 Å². The number of aliphatic imine (C=N–C) groups is 1. The lowest BCUT2D eigenvalue weighted by Crippen LogP contribution is -2.55. The topological polar surface area (TPSA) is 83.6 Å². The summed E-state index contributed by atoms with van der Waals surface area (Å²) in [5.41, 5.74) is 1.86. The van der Waals surface area contributed by atoms with Crippen LogP contribution in [0.15, 0.2) is 29.6 Å². The van der Waals surface area contributed by atoms with Crippen LogP contribution in [-0.4, -0.2) is 62.5 Å². The summed E-state index contributed by atoms with van der Waals surface area (Å²) < 4.78 is 3.51. The first-order valence-corrected chi connectivity index (χ1v) is 8.37. The largest absolute Gasteiger partial charge is 0.356 e. The highest BCUT2D eigenvalue weighted by molar-refractivity contribution is 14.0. The highest BCUT2D eigenvalue weighted by Gasteiger charge is 2.27. The van der Waals surface area contributed by atoms with Crippen molar-refractivity contribution < 1.29 is 4.79 Å². The molecule has 1 fully saturated rings. The lowest BCUT2D eigenvalue weighted by molar-refractivity contribution is -0.120. The van der Waals surface area contributed by atoms with Crippen molar-refractivity contribution in [2.75, 3.05) is 31.1 Å². The molecule has 9 nitrogen and oxygen atoms in total. The Morgan fingerprint density at radius 3 is 2.69 bits per heavy atom. The molecule has 0 atom stereocenters. The van der Waals surface area contributed by atoms with E-state index in [0.717, 1.165) is 30.4 Å². The molecule has 3 heterocycles. The Bertz CT molecular complexity index is 768. The van der Waals surface area contributed by atoms with Crippen LogP contribution in [0.1, 0.15) is 12.6 Å². The number of rotatable bonds is 4. The second kappa shape index (κ2) is 9.01. The second-order valence-electron chi connectivity index (χ2n) is 5.96. The number of nitrogens with one attached hydrogen (secondary N) is 1. The van der Waals surface area contributed by atoms with E-state index in [1.807, 2.05) is 38.2 Å². The standard InChI is InChI=1S/C16H24N8O.HI/c1-4-17-16(18-9-13-5-6-19-22(13)3)23-7-8-24(15(25)12-23)14-10-20-21(2)11-14;/h5-6,10-11H,4,7-9,12H2,1-3H3,(H,17,18);1H. The van der Waals surface area contributed by atoms with Crippen LogP contribution in [0.3, 0.4) is 0 Å². The van der Waals surface area contributed by atoms with Crippen LogP contribution in [0.4, 0.5) is 5.69 Å². The molecular formula is C16H25IN8O. The van der Waals surface area contributed by atoms with E-state index in [-0.39, 0.29) is 29.9 Å². The van der Waals surface area contributed by atoms with Gasteiger partial charge in [0.2, 0.25) is 5.91 Å². The highest BCUT2D eigenvalue weighted by Crippen LogP contribution is 2.16. The fourth-order valence-electron chi connectivity index (χ4n) is 2.81. The first kappa shape index (κ1) is 20.2. The summed E-state index contributed by atoms with van der Waals surface area (Å²) in [5.74, 6) is 0.799. The van der Waals surface area contributed by atoms with Crippen LogP contribution in [0, 0.1) is 0 Å². The van der Waals surface area contributed by atoms with E-state index in [1.54, 1.807) is 26.7 Å². The van der Waals surface area contributed by atoms with Crippen molar-refractivity contribution in [3.63, 3.8) is 0 Å². The van der Waals surface area contributed by atoms with Crippen LogP contribution in [0.2, 0.25) is 0 Å². The van der Waals surface area contributed by atoms with Crippen molar-refractivity contribution in [3.05, 3.63) is 30.4 Å². The molecule has 0 radical (unpaired) electrons. The van der Waals surface area contributed by atoms with Crippen molar-refractivity contribution in [2.24, 2.45) is 19.1 Å².